The van der Waals surface area contributed by atoms with Crippen molar-refractivity contribution in [2.75, 3.05) is 13.2 Å². The van der Waals surface area contributed by atoms with Crippen LogP contribution in [0.2, 0.25) is 0 Å². The first-order valence-electron chi connectivity index (χ1n) is 19.4. The summed E-state index contributed by atoms with van der Waals surface area (Å²) >= 11 is 0. The molecule has 0 bridgehead atoms. The number of aromatic hydroxyl groups is 5. The summed E-state index contributed by atoms with van der Waals surface area (Å²) in [5.41, 5.74) is -1.36. The van der Waals surface area contributed by atoms with Gasteiger partial charge in [-0.1, -0.05) is 6.07 Å². The number of aliphatic hydroxyl groups is 8. The molecule has 4 heterocycles. The summed E-state index contributed by atoms with van der Waals surface area (Å²) in [5, 5.41) is 134. The van der Waals surface area contributed by atoms with Crippen molar-refractivity contribution in [1.82, 2.24) is 0 Å². The highest BCUT2D eigenvalue weighted by molar-refractivity contribution is 5.89. The molecule has 3 saturated heterocycles. The Labute approximate surface area is 359 Å². The first-order valence-corrected chi connectivity index (χ1v) is 19.4. The molecule has 7 rings (SSSR count). The lowest BCUT2D eigenvalue weighted by Gasteiger charge is -2.44. The Bertz CT molecular complexity index is 2420. The van der Waals surface area contributed by atoms with E-state index in [4.69, 9.17) is 37.6 Å². The standard InChI is InChI=1S/C41H44O23/c1-14-35(62-26(49)7-3-15-2-5-18(43)20(45)8-15)32(54)34(56)39(58-14)64-38-28(50)23(48)13-57-41(38)63-37-30(52)27-22(47)10-17(59-40-33(55)31(53)29(51)25(12-42)61-40)11-24(27)60-36(37)16-4-6-19(44)21(46)9-16/h2-11,14,23,25,28-29,31-35,38-48,50-51,53-56H,12-13H2,1H3/t14-,23-,25+,28-,29+,31-,32-,33+,34+,35-,38+,39-,40+,41-/m0/s1. The van der Waals surface area contributed by atoms with E-state index in [2.05, 4.69) is 0 Å². The monoisotopic (exact) mass is 904 g/mol. The van der Waals surface area contributed by atoms with Gasteiger partial charge < -0.3 is 104 Å². The first-order chi connectivity index (χ1) is 30.4. The molecule has 0 spiro atoms. The van der Waals surface area contributed by atoms with Gasteiger partial charge in [0, 0.05) is 23.8 Å². The molecule has 3 aliphatic heterocycles. The van der Waals surface area contributed by atoms with Crippen molar-refractivity contribution in [3.8, 4) is 51.6 Å². The Kier molecular flexibility index (Phi) is 13.5. The number of phenolic OH excluding ortho intramolecular Hbond substituents is 5. The van der Waals surface area contributed by atoms with Crippen molar-refractivity contribution in [3.05, 3.63) is 70.4 Å². The van der Waals surface area contributed by atoms with Crippen molar-refractivity contribution in [1.29, 1.82) is 0 Å². The lowest BCUT2D eigenvalue weighted by molar-refractivity contribution is -0.345. The van der Waals surface area contributed by atoms with Gasteiger partial charge >= 0.3 is 5.97 Å². The summed E-state index contributed by atoms with van der Waals surface area (Å²) in [6.45, 7) is -0.0366. The number of benzene rings is 3. The molecule has 3 aromatic carbocycles. The zero-order chi connectivity index (χ0) is 46.3. The van der Waals surface area contributed by atoms with Gasteiger partial charge in [0.25, 0.3) is 0 Å². The molecule has 3 fully saturated rings. The van der Waals surface area contributed by atoms with Gasteiger partial charge in [0.15, 0.2) is 47.3 Å². The maximum Gasteiger partial charge on any atom is 0.331 e. The van der Waals surface area contributed by atoms with E-state index >= 15 is 0 Å². The highest BCUT2D eigenvalue weighted by atomic mass is 16.8. The number of carbonyl (C=O) groups excluding carboxylic acids is 1. The van der Waals surface area contributed by atoms with Crippen LogP contribution in [-0.4, -0.2) is 172 Å². The topological polar surface area (TPSA) is 375 Å². The number of fused-ring (bicyclic) bond motifs is 1. The molecule has 0 amide bonds. The third-order valence-corrected chi connectivity index (χ3v) is 10.6. The molecule has 0 saturated carbocycles. The molecule has 3 aliphatic rings. The number of rotatable bonds is 11. The van der Waals surface area contributed by atoms with Crippen LogP contribution in [0.5, 0.6) is 40.2 Å². The summed E-state index contributed by atoms with van der Waals surface area (Å²) in [7, 11) is 0. The van der Waals surface area contributed by atoms with Gasteiger partial charge in [0.05, 0.1) is 19.3 Å². The van der Waals surface area contributed by atoms with Crippen molar-refractivity contribution >= 4 is 23.0 Å². The largest absolute Gasteiger partial charge is 0.507 e. The lowest BCUT2D eigenvalue weighted by atomic mass is 9.99. The maximum absolute atomic E-state index is 14.3. The average Bonchev–Trinajstić information content (AvgIpc) is 3.26. The molecular weight excluding hydrogens is 860 g/mol. The Morgan fingerprint density at radius 3 is 2.09 bits per heavy atom. The Morgan fingerprint density at radius 2 is 1.41 bits per heavy atom. The third kappa shape index (κ3) is 9.23. The Morgan fingerprint density at radius 1 is 0.719 bits per heavy atom. The second-order valence-corrected chi connectivity index (χ2v) is 15.1. The van der Waals surface area contributed by atoms with Crippen LogP contribution >= 0.6 is 0 Å². The molecular formula is C41H44O23. The van der Waals surface area contributed by atoms with Crippen molar-refractivity contribution in [2.24, 2.45) is 0 Å². The van der Waals surface area contributed by atoms with Gasteiger partial charge in [-0.25, -0.2) is 4.79 Å². The highest BCUT2D eigenvalue weighted by Crippen LogP contribution is 2.40. The van der Waals surface area contributed by atoms with E-state index in [0.717, 1.165) is 30.3 Å². The van der Waals surface area contributed by atoms with E-state index in [0.29, 0.717) is 5.56 Å². The number of aliphatic hydroxyl groups excluding tert-OH is 8. The summed E-state index contributed by atoms with van der Waals surface area (Å²) in [5.74, 6) is -5.48. The zero-order valence-corrected chi connectivity index (χ0v) is 33.2. The normalized spacial score (nSPS) is 32.1. The second kappa shape index (κ2) is 18.7. The van der Waals surface area contributed by atoms with Crippen LogP contribution in [0, 0.1) is 0 Å². The minimum atomic E-state index is -2.00. The van der Waals surface area contributed by atoms with E-state index in [1.54, 1.807) is 0 Å². The van der Waals surface area contributed by atoms with E-state index in [1.807, 2.05) is 0 Å². The number of hydrogen-bond acceptors (Lipinski definition) is 23. The number of phenols is 5. The predicted octanol–water partition coefficient (Wildman–Crippen LogP) is -1.90. The van der Waals surface area contributed by atoms with Gasteiger partial charge in [0.1, 0.15) is 71.3 Å². The minimum absolute atomic E-state index is 0.127. The van der Waals surface area contributed by atoms with Gasteiger partial charge in [-0.15, -0.1) is 0 Å². The second-order valence-electron chi connectivity index (χ2n) is 15.1. The average molecular weight is 905 g/mol. The summed E-state index contributed by atoms with van der Waals surface area (Å²) < 4.78 is 45.5. The Hall–Kier alpha value is -5.80. The van der Waals surface area contributed by atoms with E-state index < -0.39 is 156 Å². The fourth-order valence-corrected chi connectivity index (χ4v) is 7.13. The molecule has 0 aliphatic carbocycles. The molecule has 346 valence electrons. The highest BCUT2D eigenvalue weighted by Gasteiger charge is 2.50. The molecule has 0 unspecified atom stereocenters. The number of carbonyl (C=O) groups is 1. The van der Waals surface area contributed by atoms with Gasteiger partial charge in [-0.3, -0.25) is 4.79 Å². The SMILES string of the molecule is C[C@@H]1O[C@@H](O[C@H]2[C@H](Oc3c(-c4ccc(O)c(O)c4)oc4cc(O[C@@H]5O[C@H](CO)[C@@H](O)[C@H](O)[C@H]5O)cc(O)c4c3=O)OC[C@H](O)[C@@H]2O)[C@H](O)[C@H](O)[C@H]1OC(=O)C=Cc1ccc(O)c(O)c1. The van der Waals surface area contributed by atoms with Crippen LogP contribution in [-0.2, 0) is 28.5 Å². The molecule has 4 aromatic rings. The van der Waals surface area contributed by atoms with Crippen LogP contribution in [0.15, 0.2) is 63.8 Å². The molecule has 23 nitrogen and oxygen atoms in total. The fourth-order valence-electron chi connectivity index (χ4n) is 7.13. The minimum Gasteiger partial charge on any atom is -0.507 e. The predicted molar refractivity (Wildman–Crippen MR) is 210 cm³/mol. The number of hydrogen-bond donors (Lipinski definition) is 13. The van der Waals surface area contributed by atoms with Crippen LogP contribution in [0.4, 0.5) is 0 Å². The fraction of sp³-hybridized carbons (Fsp3) is 0.415. The zero-order valence-electron chi connectivity index (χ0n) is 33.2. The van der Waals surface area contributed by atoms with Crippen molar-refractivity contribution in [3.63, 3.8) is 0 Å². The van der Waals surface area contributed by atoms with Crippen molar-refractivity contribution in [2.45, 2.75) is 92.9 Å². The van der Waals surface area contributed by atoms with Crippen LogP contribution in [0.25, 0.3) is 28.4 Å². The van der Waals surface area contributed by atoms with Gasteiger partial charge in [-0.05, 0) is 48.9 Å². The quantitative estimate of drug-likeness (QED) is 0.0444. The summed E-state index contributed by atoms with van der Waals surface area (Å²) in [6, 6.07) is 8.91. The van der Waals surface area contributed by atoms with E-state index in [9.17, 15) is 76.0 Å². The molecule has 14 atom stereocenters. The first kappa shape index (κ1) is 46.2. The third-order valence-electron chi connectivity index (χ3n) is 10.6. The van der Waals surface area contributed by atoms with Crippen molar-refractivity contribution < 1.29 is 109 Å². The lowest BCUT2D eigenvalue weighted by Crippen LogP contribution is -2.63. The summed E-state index contributed by atoms with van der Waals surface area (Å²) in [6.07, 6.45) is -22.0. The number of ether oxygens (including phenoxy) is 7. The molecule has 23 heteroatoms. The molecule has 13 N–H and O–H groups in total. The van der Waals surface area contributed by atoms with Gasteiger partial charge in [0.2, 0.25) is 23.8 Å². The molecule has 1 aromatic heterocycles. The van der Waals surface area contributed by atoms with Gasteiger partial charge in [-0.2, -0.15) is 0 Å². The van der Waals surface area contributed by atoms with Crippen LogP contribution in [0.3, 0.4) is 0 Å². The summed E-state index contributed by atoms with van der Waals surface area (Å²) in [4.78, 5) is 27.0. The van der Waals surface area contributed by atoms with E-state index in [1.165, 1.54) is 37.3 Å². The smallest absolute Gasteiger partial charge is 0.331 e. The number of esters is 1. The van der Waals surface area contributed by atoms with Crippen LogP contribution < -0.4 is 14.9 Å². The van der Waals surface area contributed by atoms with E-state index in [-0.39, 0.29) is 17.1 Å². The maximum atomic E-state index is 14.3. The van der Waals surface area contributed by atoms with Crippen LogP contribution in [0.1, 0.15) is 12.5 Å². The molecule has 64 heavy (non-hydrogen) atoms. The Balaban J connectivity index is 1.16. The molecule has 0 radical (unpaired) electrons.